The second kappa shape index (κ2) is 5.29. The van der Waals surface area contributed by atoms with Crippen LogP contribution >= 0.6 is 0 Å². The zero-order valence-electron chi connectivity index (χ0n) is 10.4. The fourth-order valence-electron chi connectivity index (χ4n) is 2.03. The fraction of sp³-hybridized carbons (Fsp3) is 0.636. The Balaban J connectivity index is 2.16. The van der Waals surface area contributed by atoms with Gasteiger partial charge in [0, 0.05) is 37.7 Å². The van der Waals surface area contributed by atoms with Crippen molar-refractivity contribution >= 4 is 10.0 Å². The number of hydrogen-bond acceptors (Lipinski definition) is 5. The summed E-state index contributed by atoms with van der Waals surface area (Å²) < 4.78 is 26.3. The maximum Gasteiger partial charge on any atom is 0.222 e. The summed E-state index contributed by atoms with van der Waals surface area (Å²) in [5, 5.41) is -0.666. The summed E-state index contributed by atoms with van der Waals surface area (Å²) in [6.45, 7) is 2.64. The molecule has 0 aliphatic carbocycles. The van der Waals surface area contributed by atoms with E-state index in [9.17, 15) is 8.42 Å². The van der Waals surface area contributed by atoms with Crippen LogP contribution in [0.25, 0.3) is 0 Å². The van der Waals surface area contributed by atoms with Gasteiger partial charge in [0.1, 0.15) is 5.25 Å². The lowest BCUT2D eigenvalue weighted by atomic mass is 10.1. The molecular formula is C11H18N4O2S. The van der Waals surface area contributed by atoms with E-state index in [-0.39, 0.29) is 6.04 Å². The van der Waals surface area contributed by atoms with Gasteiger partial charge in [-0.2, -0.15) is 0 Å². The van der Waals surface area contributed by atoms with Gasteiger partial charge in [-0.25, -0.2) is 12.7 Å². The van der Waals surface area contributed by atoms with E-state index in [1.165, 1.54) is 22.9 Å². The lowest BCUT2D eigenvalue weighted by molar-refractivity contribution is 0.317. The molecule has 1 aromatic heterocycles. The summed E-state index contributed by atoms with van der Waals surface area (Å²) in [5.74, 6) is 0. The molecule has 0 spiro atoms. The van der Waals surface area contributed by atoms with Gasteiger partial charge in [-0.3, -0.25) is 9.97 Å². The first-order valence-electron chi connectivity index (χ1n) is 6.02. The number of nitrogens with zero attached hydrogens (tertiary/aromatic N) is 3. The lowest BCUT2D eigenvalue weighted by Crippen LogP contribution is -2.44. The van der Waals surface area contributed by atoms with E-state index in [0.29, 0.717) is 31.6 Å². The minimum Gasteiger partial charge on any atom is -0.328 e. The van der Waals surface area contributed by atoms with E-state index in [4.69, 9.17) is 5.73 Å². The second-order valence-corrected chi connectivity index (χ2v) is 6.81. The molecule has 1 saturated heterocycles. The predicted octanol–water partition coefficient (Wildman–Crippen LogP) is 0.290. The average molecular weight is 270 g/mol. The number of nitrogens with two attached hydrogens (primary N) is 1. The maximum absolute atomic E-state index is 12.4. The summed E-state index contributed by atoms with van der Waals surface area (Å²) in [6, 6.07) is 0.114. The summed E-state index contributed by atoms with van der Waals surface area (Å²) in [4.78, 5) is 7.97. The Labute approximate surface area is 107 Å². The molecule has 1 atom stereocenters. The quantitative estimate of drug-likeness (QED) is 0.852. The van der Waals surface area contributed by atoms with E-state index in [2.05, 4.69) is 9.97 Å². The van der Waals surface area contributed by atoms with Crippen LogP contribution in [0.3, 0.4) is 0 Å². The van der Waals surface area contributed by atoms with Crippen LogP contribution in [0.4, 0.5) is 0 Å². The van der Waals surface area contributed by atoms with E-state index in [1.807, 2.05) is 0 Å². The van der Waals surface area contributed by atoms with Crippen molar-refractivity contribution in [2.45, 2.75) is 31.1 Å². The molecule has 0 aromatic carbocycles. The van der Waals surface area contributed by atoms with E-state index >= 15 is 0 Å². The molecule has 0 radical (unpaired) electrons. The van der Waals surface area contributed by atoms with Gasteiger partial charge in [-0.15, -0.1) is 0 Å². The fourth-order valence-corrected chi connectivity index (χ4v) is 3.62. The first-order chi connectivity index (χ1) is 8.51. The van der Waals surface area contributed by atoms with E-state index in [0.717, 1.165) is 0 Å². The van der Waals surface area contributed by atoms with Crippen LogP contribution in [0.15, 0.2) is 18.6 Å². The summed E-state index contributed by atoms with van der Waals surface area (Å²) in [6.07, 6.45) is 5.97. The van der Waals surface area contributed by atoms with E-state index < -0.39 is 15.3 Å². The highest BCUT2D eigenvalue weighted by Gasteiger charge is 2.33. The van der Waals surface area contributed by atoms with Crippen molar-refractivity contribution in [1.29, 1.82) is 0 Å². The number of piperidine rings is 1. The third kappa shape index (κ3) is 2.68. The molecule has 2 N–H and O–H groups in total. The number of aromatic nitrogens is 2. The highest BCUT2D eigenvalue weighted by atomic mass is 32.2. The molecule has 6 nitrogen and oxygen atoms in total. The highest BCUT2D eigenvalue weighted by molar-refractivity contribution is 7.89. The molecule has 7 heteroatoms. The van der Waals surface area contributed by atoms with Crippen LogP contribution in [0.2, 0.25) is 0 Å². The Morgan fingerprint density at radius 2 is 2.06 bits per heavy atom. The molecule has 1 fully saturated rings. The van der Waals surface area contributed by atoms with Crippen molar-refractivity contribution in [3.05, 3.63) is 24.3 Å². The van der Waals surface area contributed by atoms with Gasteiger partial charge in [0.25, 0.3) is 0 Å². The molecular weight excluding hydrogens is 252 g/mol. The molecule has 100 valence electrons. The molecule has 18 heavy (non-hydrogen) atoms. The minimum atomic E-state index is -3.36. The molecule has 0 amide bonds. The molecule has 0 unspecified atom stereocenters. The zero-order valence-corrected chi connectivity index (χ0v) is 11.2. The Morgan fingerprint density at radius 3 is 2.61 bits per heavy atom. The number of rotatable bonds is 3. The SMILES string of the molecule is C[C@@H](c1cnccn1)S(=O)(=O)N1CCC(N)CC1. The molecule has 2 heterocycles. The van der Waals surface area contributed by atoms with Crippen molar-refractivity contribution in [1.82, 2.24) is 14.3 Å². The average Bonchev–Trinajstić information content (AvgIpc) is 2.39. The zero-order chi connectivity index (χ0) is 13.2. The topological polar surface area (TPSA) is 89.2 Å². The summed E-state index contributed by atoms with van der Waals surface area (Å²) in [7, 11) is -3.36. The third-order valence-corrected chi connectivity index (χ3v) is 5.52. The maximum atomic E-state index is 12.4. The van der Waals surface area contributed by atoms with Crippen LogP contribution in [0, 0.1) is 0 Å². The Kier molecular flexibility index (Phi) is 3.94. The van der Waals surface area contributed by atoms with Crippen LogP contribution < -0.4 is 5.73 Å². The van der Waals surface area contributed by atoms with Crippen molar-refractivity contribution in [2.24, 2.45) is 5.73 Å². The molecule has 2 rings (SSSR count). The Morgan fingerprint density at radius 1 is 1.39 bits per heavy atom. The van der Waals surface area contributed by atoms with Gasteiger partial charge in [0.05, 0.1) is 5.69 Å². The molecule has 0 saturated carbocycles. The van der Waals surface area contributed by atoms with Crippen LogP contribution in [-0.4, -0.2) is 41.8 Å². The van der Waals surface area contributed by atoms with Crippen molar-refractivity contribution in [3.8, 4) is 0 Å². The van der Waals surface area contributed by atoms with Gasteiger partial charge in [-0.05, 0) is 19.8 Å². The third-order valence-electron chi connectivity index (χ3n) is 3.30. The lowest BCUT2D eigenvalue weighted by Gasteiger charge is -2.31. The van der Waals surface area contributed by atoms with Gasteiger partial charge in [0.2, 0.25) is 10.0 Å². The number of hydrogen-bond donors (Lipinski definition) is 1. The summed E-state index contributed by atoms with van der Waals surface area (Å²) in [5.41, 5.74) is 6.26. The minimum absolute atomic E-state index is 0.114. The second-order valence-electron chi connectivity index (χ2n) is 4.55. The summed E-state index contributed by atoms with van der Waals surface area (Å²) >= 11 is 0. The smallest absolute Gasteiger partial charge is 0.222 e. The Hall–Kier alpha value is -1.05. The van der Waals surface area contributed by atoms with Gasteiger partial charge in [-0.1, -0.05) is 0 Å². The largest absolute Gasteiger partial charge is 0.328 e. The van der Waals surface area contributed by atoms with Crippen LogP contribution in [0.5, 0.6) is 0 Å². The van der Waals surface area contributed by atoms with Crippen molar-refractivity contribution in [3.63, 3.8) is 0 Å². The monoisotopic (exact) mass is 270 g/mol. The molecule has 1 aliphatic rings. The standard InChI is InChI=1S/C11H18N4O2S/c1-9(11-8-13-4-5-14-11)18(16,17)15-6-2-10(12)3-7-15/h4-5,8-10H,2-3,6-7,12H2,1H3/t9-/m0/s1. The molecule has 0 bridgehead atoms. The van der Waals surface area contributed by atoms with Crippen molar-refractivity contribution < 1.29 is 8.42 Å². The van der Waals surface area contributed by atoms with Crippen LogP contribution in [-0.2, 0) is 10.0 Å². The first-order valence-corrected chi connectivity index (χ1v) is 7.52. The van der Waals surface area contributed by atoms with E-state index in [1.54, 1.807) is 6.92 Å². The molecule has 1 aliphatic heterocycles. The van der Waals surface area contributed by atoms with Gasteiger partial charge >= 0.3 is 0 Å². The molecule has 1 aromatic rings. The Bertz CT molecular complexity index is 483. The van der Waals surface area contributed by atoms with Crippen molar-refractivity contribution in [2.75, 3.05) is 13.1 Å². The normalized spacial score (nSPS) is 20.8. The highest BCUT2D eigenvalue weighted by Crippen LogP contribution is 2.25. The van der Waals surface area contributed by atoms with Crippen LogP contribution in [0.1, 0.15) is 30.7 Å². The predicted molar refractivity (Wildman–Crippen MR) is 68.1 cm³/mol. The van der Waals surface area contributed by atoms with Gasteiger partial charge in [0.15, 0.2) is 0 Å². The number of sulfonamides is 1. The van der Waals surface area contributed by atoms with Gasteiger partial charge < -0.3 is 5.73 Å². The first kappa shape index (κ1) is 13.4.